The van der Waals surface area contributed by atoms with Crippen molar-refractivity contribution in [1.29, 1.82) is 0 Å². The highest BCUT2D eigenvalue weighted by Gasteiger charge is 1.96. The molecule has 1 aromatic rings. The van der Waals surface area contributed by atoms with Crippen LogP contribution in [0.2, 0.25) is 0 Å². The highest BCUT2D eigenvalue weighted by Crippen LogP contribution is 1.96. The summed E-state index contributed by atoms with van der Waals surface area (Å²) in [5, 5.41) is 13.4. The Labute approximate surface area is 58.1 Å². The summed E-state index contributed by atoms with van der Waals surface area (Å²) in [6, 6.07) is 0. The average molecular weight is 140 g/mol. The van der Waals surface area contributed by atoms with E-state index in [1.807, 2.05) is 0 Å². The summed E-state index contributed by atoms with van der Waals surface area (Å²) in [6.07, 6.45) is 2.58. The summed E-state index contributed by atoms with van der Waals surface area (Å²) < 4.78 is 0.554. The van der Waals surface area contributed by atoms with Gasteiger partial charge in [0, 0.05) is 7.05 Å². The predicted molar refractivity (Wildman–Crippen MR) is 37.2 cm³/mol. The minimum Gasteiger partial charge on any atom is -0.710 e. The molecule has 0 atom stereocenters. The SMILES string of the molecule is CNc1c[n+]([O-])c(N)cn1. The number of nitrogens with one attached hydrogen (secondary N) is 1. The Morgan fingerprint density at radius 1 is 1.80 bits per heavy atom. The number of nitrogens with zero attached hydrogens (tertiary/aromatic N) is 2. The lowest BCUT2D eigenvalue weighted by Crippen LogP contribution is -2.30. The zero-order valence-corrected chi connectivity index (χ0v) is 5.53. The van der Waals surface area contributed by atoms with Gasteiger partial charge in [-0.05, 0) is 0 Å². The molecule has 0 fully saturated rings. The predicted octanol–water partition coefficient (Wildman–Crippen LogP) is -0.661. The summed E-state index contributed by atoms with van der Waals surface area (Å²) in [4.78, 5) is 3.80. The van der Waals surface area contributed by atoms with Gasteiger partial charge in [0.15, 0.2) is 5.82 Å². The van der Waals surface area contributed by atoms with Gasteiger partial charge in [0.1, 0.15) is 12.4 Å². The minimum absolute atomic E-state index is 0.0963. The molecule has 0 aliphatic heterocycles. The number of hydrogen-bond acceptors (Lipinski definition) is 4. The molecule has 0 unspecified atom stereocenters. The molecule has 1 heterocycles. The van der Waals surface area contributed by atoms with Crippen LogP contribution in [0.5, 0.6) is 0 Å². The standard InChI is InChI=1S/C5H8N4O/c1-7-5-3-9(10)4(6)2-8-5/h2-3H,6H2,1H3,(H,7,8). The van der Waals surface area contributed by atoms with Gasteiger partial charge in [0.25, 0.3) is 5.82 Å². The van der Waals surface area contributed by atoms with Crippen LogP contribution >= 0.6 is 0 Å². The zero-order valence-electron chi connectivity index (χ0n) is 5.53. The summed E-state index contributed by atoms with van der Waals surface area (Å²) >= 11 is 0. The fraction of sp³-hybridized carbons (Fsp3) is 0.200. The number of aromatic nitrogens is 2. The van der Waals surface area contributed by atoms with E-state index >= 15 is 0 Å². The Balaban J connectivity index is 3.04. The van der Waals surface area contributed by atoms with E-state index in [2.05, 4.69) is 10.3 Å². The average Bonchev–Trinajstić information content (AvgIpc) is 1.95. The van der Waals surface area contributed by atoms with Gasteiger partial charge >= 0.3 is 0 Å². The van der Waals surface area contributed by atoms with Crippen LogP contribution in [0.4, 0.5) is 11.6 Å². The van der Waals surface area contributed by atoms with Gasteiger partial charge < -0.3 is 10.5 Å². The van der Waals surface area contributed by atoms with Crippen LogP contribution in [-0.2, 0) is 0 Å². The van der Waals surface area contributed by atoms with Gasteiger partial charge in [-0.1, -0.05) is 0 Å². The second-order valence-corrected chi connectivity index (χ2v) is 1.77. The third kappa shape index (κ3) is 1.07. The van der Waals surface area contributed by atoms with Crippen molar-refractivity contribution in [2.45, 2.75) is 0 Å². The fourth-order valence-electron chi connectivity index (χ4n) is 0.541. The van der Waals surface area contributed by atoms with Crippen LogP contribution in [0.1, 0.15) is 0 Å². The Morgan fingerprint density at radius 2 is 2.50 bits per heavy atom. The molecule has 3 N–H and O–H groups in total. The molecule has 0 bridgehead atoms. The summed E-state index contributed by atoms with van der Waals surface area (Å²) in [5.41, 5.74) is 5.20. The van der Waals surface area contributed by atoms with E-state index in [0.717, 1.165) is 0 Å². The summed E-state index contributed by atoms with van der Waals surface area (Å²) in [5.74, 6) is 0.600. The van der Waals surface area contributed by atoms with Crippen molar-refractivity contribution in [2.75, 3.05) is 18.1 Å². The zero-order chi connectivity index (χ0) is 7.56. The molecule has 5 nitrogen and oxygen atoms in total. The molecular weight excluding hydrogens is 132 g/mol. The topological polar surface area (TPSA) is 77.9 Å². The summed E-state index contributed by atoms with van der Waals surface area (Å²) in [6.45, 7) is 0. The second kappa shape index (κ2) is 2.38. The van der Waals surface area contributed by atoms with Crippen LogP contribution in [0, 0.1) is 5.21 Å². The molecule has 0 aliphatic rings. The number of nitrogens with two attached hydrogens (primary N) is 1. The molecular formula is C5H8N4O. The summed E-state index contributed by atoms with van der Waals surface area (Å²) in [7, 11) is 1.68. The van der Waals surface area contributed by atoms with Crippen LogP contribution in [0.15, 0.2) is 12.4 Å². The molecule has 1 rings (SSSR count). The first-order chi connectivity index (χ1) is 4.74. The molecule has 54 valence electrons. The Morgan fingerprint density at radius 3 is 3.00 bits per heavy atom. The van der Waals surface area contributed by atoms with Crippen molar-refractivity contribution in [3.8, 4) is 0 Å². The Kier molecular flexibility index (Phi) is 1.57. The molecule has 0 radical (unpaired) electrons. The molecule has 0 saturated heterocycles. The first-order valence-electron chi connectivity index (χ1n) is 2.76. The van der Waals surface area contributed by atoms with E-state index in [9.17, 15) is 5.21 Å². The van der Waals surface area contributed by atoms with Gasteiger partial charge in [0.2, 0.25) is 0 Å². The lowest BCUT2D eigenvalue weighted by Gasteiger charge is -2.04. The number of nitrogen functional groups attached to an aromatic ring is 1. The van der Waals surface area contributed by atoms with Crippen molar-refractivity contribution in [2.24, 2.45) is 0 Å². The lowest BCUT2D eigenvalue weighted by molar-refractivity contribution is -0.589. The van der Waals surface area contributed by atoms with Crippen LogP contribution in [0.3, 0.4) is 0 Å². The maximum absolute atomic E-state index is 10.7. The highest BCUT2D eigenvalue weighted by atomic mass is 16.5. The monoisotopic (exact) mass is 140 g/mol. The van der Waals surface area contributed by atoms with Crippen molar-refractivity contribution in [3.63, 3.8) is 0 Å². The molecule has 0 amide bonds. The van der Waals surface area contributed by atoms with Gasteiger partial charge in [-0.2, -0.15) is 0 Å². The van der Waals surface area contributed by atoms with E-state index in [0.29, 0.717) is 10.5 Å². The van der Waals surface area contributed by atoms with Gasteiger partial charge in [-0.15, -0.1) is 0 Å². The first-order valence-corrected chi connectivity index (χ1v) is 2.76. The smallest absolute Gasteiger partial charge is 0.294 e. The van der Waals surface area contributed by atoms with Crippen LogP contribution in [0.25, 0.3) is 0 Å². The number of anilines is 2. The van der Waals surface area contributed by atoms with E-state index in [-0.39, 0.29) is 5.82 Å². The fourth-order valence-corrected chi connectivity index (χ4v) is 0.541. The minimum atomic E-state index is 0.0963. The van der Waals surface area contributed by atoms with Crippen molar-refractivity contribution in [3.05, 3.63) is 17.6 Å². The van der Waals surface area contributed by atoms with Gasteiger partial charge in [-0.25, -0.2) is 9.71 Å². The highest BCUT2D eigenvalue weighted by molar-refractivity contribution is 5.30. The van der Waals surface area contributed by atoms with E-state index in [4.69, 9.17) is 5.73 Å². The van der Waals surface area contributed by atoms with Crippen LogP contribution < -0.4 is 15.8 Å². The van der Waals surface area contributed by atoms with Gasteiger partial charge in [-0.3, -0.25) is 5.73 Å². The third-order valence-electron chi connectivity index (χ3n) is 1.09. The maximum Gasteiger partial charge on any atom is 0.294 e. The normalized spacial score (nSPS) is 9.30. The largest absolute Gasteiger partial charge is 0.710 e. The quantitative estimate of drug-likeness (QED) is 0.401. The second-order valence-electron chi connectivity index (χ2n) is 1.77. The molecule has 0 aliphatic carbocycles. The Bertz CT molecular complexity index is 237. The molecule has 0 spiro atoms. The van der Waals surface area contributed by atoms with Crippen molar-refractivity contribution >= 4 is 11.6 Å². The van der Waals surface area contributed by atoms with Crippen molar-refractivity contribution < 1.29 is 4.73 Å². The third-order valence-corrected chi connectivity index (χ3v) is 1.09. The van der Waals surface area contributed by atoms with E-state index < -0.39 is 0 Å². The lowest BCUT2D eigenvalue weighted by atomic mass is 10.6. The number of hydrogen-bond donors (Lipinski definition) is 2. The first kappa shape index (κ1) is 6.60. The molecule has 5 heteroatoms. The maximum atomic E-state index is 10.7. The van der Waals surface area contributed by atoms with E-state index in [1.54, 1.807) is 7.05 Å². The molecule has 10 heavy (non-hydrogen) atoms. The molecule has 1 aromatic heterocycles. The Hall–Kier alpha value is -1.52. The molecule has 0 aromatic carbocycles. The van der Waals surface area contributed by atoms with Gasteiger partial charge in [0.05, 0.1) is 0 Å². The van der Waals surface area contributed by atoms with Crippen LogP contribution in [-0.4, -0.2) is 12.0 Å². The molecule has 0 saturated carbocycles. The van der Waals surface area contributed by atoms with E-state index in [1.165, 1.54) is 12.4 Å². The number of rotatable bonds is 1. The van der Waals surface area contributed by atoms with Crippen molar-refractivity contribution in [1.82, 2.24) is 4.98 Å².